The van der Waals surface area contributed by atoms with E-state index in [4.69, 9.17) is 27.9 Å². The van der Waals surface area contributed by atoms with Gasteiger partial charge in [0.2, 0.25) is 0 Å². The summed E-state index contributed by atoms with van der Waals surface area (Å²) in [5, 5.41) is 14.6. The molecule has 1 unspecified atom stereocenters. The maximum absolute atomic E-state index is 11.1. The van der Waals surface area contributed by atoms with Crippen LogP contribution < -0.4 is 5.32 Å². The normalized spacial score (nSPS) is 12.5. The summed E-state index contributed by atoms with van der Waals surface area (Å²) in [5.41, 5.74) is 0.254. The summed E-state index contributed by atoms with van der Waals surface area (Å²) in [4.78, 5) is 10.6. The highest BCUT2D eigenvalue weighted by Gasteiger charge is 2.21. The van der Waals surface area contributed by atoms with Crippen LogP contribution in [0, 0.1) is 16.0 Å². The summed E-state index contributed by atoms with van der Waals surface area (Å²) < 4.78 is 5.39. The standard InChI is InChI=1S/C13H18Cl2N2O3/c1-4-20-7-12(8(2)3)16-11-5-9(14)10(15)6-13(11)17(18)19/h5-6,8,12,16H,4,7H2,1-3H3. The number of halogens is 2. The molecule has 1 aromatic rings. The maximum atomic E-state index is 11.1. The minimum atomic E-state index is -0.484. The molecule has 0 aliphatic carbocycles. The molecule has 0 saturated heterocycles. The SMILES string of the molecule is CCOCC(Nc1cc(Cl)c(Cl)cc1[N+](=O)[O-])C(C)C. The Labute approximate surface area is 128 Å². The van der Waals surface area contributed by atoms with Crippen molar-refractivity contribution in [3.63, 3.8) is 0 Å². The smallest absolute Gasteiger partial charge is 0.293 e. The molecule has 0 aromatic heterocycles. The number of nitrogens with one attached hydrogen (secondary N) is 1. The Kier molecular flexibility index (Phi) is 6.52. The van der Waals surface area contributed by atoms with E-state index in [0.29, 0.717) is 18.9 Å². The van der Waals surface area contributed by atoms with Crippen LogP contribution in [0.4, 0.5) is 11.4 Å². The molecule has 1 rings (SSSR count). The molecule has 1 atom stereocenters. The van der Waals surface area contributed by atoms with E-state index in [0.717, 1.165) is 0 Å². The summed E-state index contributed by atoms with van der Waals surface area (Å²) >= 11 is 11.8. The van der Waals surface area contributed by atoms with Gasteiger partial charge in [-0.1, -0.05) is 37.0 Å². The van der Waals surface area contributed by atoms with Crippen molar-refractivity contribution in [3.8, 4) is 0 Å². The highest BCUT2D eigenvalue weighted by atomic mass is 35.5. The van der Waals surface area contributed by atoms with Crippen molar-refractivity contribution in [2.75, 3.05) is 18.5 Å². The fourth-order valence-electron chi connectivity index (χ4n) is 1.65. The largest absolute Gasteiger partial charge is 0.380 e. The van der Waals surface area contributed by atoms with Gasteiger partial charge in [0, 0.05) is 12.7 Å². The van der Waals surface area contributed by atoms with Gasteiger partial charge in [0.15, 0.2) is 0 Å². The first-order chi connectivity index (χ1) is 9.36. The van der Waals surface area contributed by atoms with Gasteiger partial charge >= 0.3 is 0 Å². The number of anilines is 1. The second kappa shape index (κ2) is 7.67. The molecular formula is C13H18Cl2N2O3. The maximum Gasteiger partial charge on any atom is 0.293 e. The molecule has 0 radical (unpaired) electrons. The zero-order chi connectivity index (χ0) is 15.3. The van der Waals surface area contributed by atoms with Gasteiger partial charge in [-0.3, -0.25) is 10.1 Å². The Morgan fingerprint density at radius 2 is 1.95 bits per heavy atom. The first-order valence-corrected chi connectivity index (χ1v) is 7.10. The van der Waals surface area contributed by atoms with E-state index < -0.39 is 4.92 Å². The van der Waals surface area contributed by atoms with E-state index in [1.165, 1.54) is 12.1 Å². The highest BCUT2D eigenvalue weighted by Crippen LogP contribution is 2.34. The van der Waals surface area contributed by atoms with E-state index in [1.54, 1.807) is 0 Å². The number of nitro benzene ring substituents is 1. The lowest BCUT2D eigenvalue weighted by Gasteiger charge is -2.23. The van der Waals surface area contributed by atoms with Crippen LogP contribution in [0.15, 0.2) is 12.1 Å². The molecule has 20 heavy (non-hydrogen) atoms. The van der Waals surface area contributed by atoms with Gasteiger partial charge in [-0.05, 0) is 18.9 Å². The quantitative estimate of drug-likeness (QED) is 0.598. The van der Waals surface area contributed by atoms with Gasteiger partial charge in [-0.15, -0.1) is 0 Å². The fraction of sp³-hybridized carbons (Fsp3) is 0.538. The molecule has 7 heteroatoms. The third-order valence-corrected chi connectivity index (χ3v) is 3.60. The van der Waals surface area contributed by atoms with Gasteiger partial charge in [0.25, 0.3) is 5.69 Å². The molecule has 1 N–H and O–H groups in total. The average Bonchev–Trinajstić information content (AvgIpc) is 2.37. The zero-order valence-electron chi connectivity index (χ0n) is 11.7. The Balaban J connectivity index is 3.04. The number of nitrogens with zero attached hydrogens (tertiary/aromatic N) is 1. The summed E-state index contributed by atoms with van der Waals surface area (Å²) in [5.74, 6) is 0.246. The van der Waals surface area contributed by atoms with Crippen LogP contribution >= 0.6 is 23.2 Å². The minimum Gasteiger partial charge on any atom is -0.380 e. The molecule has 0 heterocycles. The van der Waals surface area contributed by atoms with Crippen LogP contribution in [-0.4, -0.2) is 24.2 Å². The van der Waals surface area contributed by atoms with E-state index in [9.17, 15) is 10.1 Å². The van der Waals surface area contributed by atoms with Crippen molar-refractivity contribution >= 4 is 34.6 Å². The number of nitro groups is 1. The molecule has 0 fully saturated rings. The second-order valence-electron chi connectivity index (χ2n) is 4.69. The Bertz CT molecular complexity index is 481. The number of hydrogen-bond donors (Lipinski definition) is 1. The van der Waals surface area contributed by atoms with Gasteiger partial charge in [-0.25, -0.2) is 0 Å². The second-order valence-corrected chi connectivity index (χ2v) is 5.51. The predicted molar refractivity (Wildman–Crippen MR) is 81.9 cm³/mol. The summed E-state index contributed by atoms with van der Waals surface area (Å²) in [6.45, 7) is 6.99. The van der Waals surface area contributed by atoms with E-state index in [2.05, 4.69) is 5.32 Å². The van der Waals surface area contributed by atoms with Gasteiger partial charge < -0.3 is 10.1 Å². The molecule has 0 amide bonds. The number of rotatable bonds is 7. The molecule has 1 aromatic carbocycles. The topological polar surface area (TPSA) is 64.4 Å². The summed E-state index contributed by atoms with van der Waals surface area (Å²) in [7, 11) is 0. The molecule has 0 spiro atoms. The Morgan fingerprint density at radius 3 is 2.45 bits per heavy atom. The third kappa shape index (κ3) is 4.51. The van der Waals surface area contributed by atoms with Crippen LogP contribution in [0.5, 0.6) is 0 Å². The average molecular weight is 321 g/mol. The Hall–Kier alpha value is -1.04. The van der Waals surface area contributed by atoms with Crippen molar-refractivity contribution in [1.82, 2.24) is 0 Å². The van der Waals surface area contributed by atoms with Crippen LogP contribution in [0.2, 0.25) is 10.0 Å². The highest BCUT2D eigenvalue weighted by molar-refractivity contribution is 6.42. The first kappa shape index (κ1) is 17.0. The van der Waals surface area contributed by atoms with Crippen LogP contribution in [0.1, 0.15) is 20.8 Å². The Morgan fingerprint density at radius 1 is 1.35 bits per heavy atom. The minimum absolute atomic E-state index is 0.0501. The monoisotopic (exact) mass is 320 g/mol. The number of benzene rings is 1. The van der Waals surface area contributed by atoms with Crippen molar-refractivity contribution in [1.29, 1.82) is 0 Å². The van der Waals surface area contributed by atoms with Crippen LogP contribution in [-0.2, 0) is 4.74 Å². The van der Waals surface area contributed by atoms with Crippen molar-refractivity contribution in [2.45, 2.75) is 26.8 Å². The zero-order valence-corrected chi connectivity index (χ0v) is 13.2. The van der Waals surface area contributed by atoms with E-state index >= 15 is 0 Å². The van der Waals surface area contributed by atoms with Gasteiger partial charge in [-0.2, -0.15) is 0 Å². The van der Waals surface area contributed by atoms with Crippen molar-refractivity contribution in [3.05, 3.63) is 32.3 Å². The van der Waals surface area contributed by atoms with Crippen LogP contribution in [0.3, 0.4) is 0 Å². The number of hydrogen-bond acceptors (Lipinski definition) is 4. The molecule has 0 bridgehead atoms. The third-order valence-electron chi connectivity index (χ3n) is 2.88. The predicted octanol–water partition coefficient (Wildman–Crippen LogP) is 4.37. The lowest BCUT2D eigenvalue weighted by molar-refractivity contribution is -0.384. The summed E-state index contributed by atoms with van der Waals surface area (Å²) in [6.07, 6.45) is 0. The summed E-state index contributed by atoms with van der Waals surface area (Å²) in [6, 6.07) is 2.68. The molecule has 0 aliphatic rings. The number of ether oxygens (including phenoxy) is 1. The van der Waals surface area contributed by atoms with E-state index in [-0.39, 0.29) is 27.7 Å². The lowest BCUT2D eigenvalue weighted by atomic mass is 10.0. The van der Waals surface area contributed by atoms with Crippen molar-refractivity contribution < 1.29 is 9.66 Å². The molecule has 0 saturated carbocycles. The fourth-order valence-corrected chi connectivity index (χ4v) is 1.97. The molecule has 5 nitrogen and oxygen atoms in total. The molecular weight excluding hydrogens is 303 g/mol. The van der Waals surface area contributed by atoms with Gasteiger partial charge in [0.05, 0.1) is 27.6 Å². The molecule has 112 valence electrons. The molecule has 0 aliphatic heterocycles. The van der Waals surface area contributed by atoms with E-state index in [1.807, 2.05) is 20.8 Å². The van der Waals surface area contributed by atoms with Crippen LogP contribution in [0.25, 0.3) is 0 Å². The van der Waals surface area contributed by atoms with Gasteiger partial charge in [0.1, 0.15) is 5.69 Å². The van der Waals surface area contributed by atoms with Crippen molar-refractivity contribution in [2.24, 2.45) is 5.92 Å². The lowest BCUT2D eigenvalue weighted by Crippen LogP contribution is -2.31. The first-order valence-electron chi connectivity index (χ1n) is 6.34.